The van der Waals surface area contributed by atoms with Crippen molar-refractivity contribution in [3.05, 3.63) is 23.2 Å². The van der Waals surface area contributed by atoms with Crippen LogP contribution in [-0.4, -0.2) is 42.3 Å². The first kappa shape index (κ1) is 20.3. The summed E-state index contributed by atoms with van der Waals surface area (Å²) in [6.45, 7) is 8.77. The van der Waals surface area contributed by atoms with E-state index in [1.807, 2.05) is 4.90 Å². The fourth-order valence-electron chi connectivity index (χ4n) is 3.02. The normalized spacial score (nSPS) is 21.2. The maximum absolute atomic E-state index is 12.6. The van der Waals surface area contributed by atoms with Crippen molar-refractivity contribution in [3.8, 4) is 0 Å². The highest BCUT2D eigenvalue weighted by Crippen LogP contribution is 2.29. The number of nitrogens with one attached hydrogen (secondary N) is 1. The molecule has 1 saturated carbocycles. The van der Waals surface area contributed by atoms with Crippen LogP contribution in [0.2, 0.25) is 0 Å². The van der Waals surface area contributed by atoms with E-state index in [9.17, 15) is 4.79 Å². The zero-order chi connectivity index (χ0) is 19.3. The van der Waals surface area contributed by atoms with Crippen molar-refractivity contribution >= 4 is 11.7 Å². The van der Waals surface area contributed by atoms with E-state index >= 15 is 0 Å². The first-order valence-electron chi connectivity index (χ1n) is 9.58. The number of aliphatic imine (C=N–C) groups is 1. The lowest BCUT2D eigenvalue weighted by Crippen LogP contribution is -2.44. The Hall–Kier alpha value is -2.02. The zero-order valence-electron chi connectivity index (χ0n) is 16.3. The summed E-state index contributed by atoms with van der Waals surface area (Å²) in [4.78, 5) is 18.7. The fourth-order valence-corrected chi connectivity index (χ4v) is 3.02. The Balaban J connectivity index is 2.08. The second-order valence-electron chi connectivity index (χ2n) is 7.87. The third-order valence-corrected chi connectivity index (χ3v) is 4.76. The topological polar surface area (TPSA) is 123 Å². The minimum atomic E-state index is -0.406. The lowest BCUT2D eigenvalue weighted by atomic mass is 10.0. The molecule has 0 spiro atoms. The van der Waals surface area contributed by atoms with Crippen molar-refractivity contribution in [1.82, 2.24) is 10.2 Å². The van der Waals surface area contributed by atoms with E-state index in [2.05, 4.69) is 24.2 Å². The Bertz CT molecular complexity index is 591. The van der Waals surface area contributed by atoms with Crippen molar-refractivity contribution in [1.29, 1.82) is 0 Å². The van der Waals surface area contributed by atoms with E-state index in [1.165, 1.54) is 0 Å². The number of amidine groups is 1. The van der Waals surface area contributed by atoms with Crippen LogP contribution < -0.4 is 22.5 Å². The van der Waals surface area contributed by atoms with Gasteiger partial charge in [-0.25, -0.2) is 0 Å². The van der Waals surface area contributed by atoms with Crippen LogP contribution in [0.4, 0.5) is 0 Å². The zero-order valence-corrected chi connectivity index (χ0v) is 16.3. The van der Waals surface area contributed by atoms with Crippen LogP contribution >= 0.6 is 0 Å². The average Bonchev–Trinajstić information content (AvgIpc) is 3.42. The smallest absolute Gasteiger partial charge is 0.282 e. The number of carbonyl (C=O) groups excluding carboxylic acids is 1. The van der Waals surface area contributed by atoms with Gasteiger partial charge in [0.2, 0.25) is 0 Å². The lowest BCUT2D eigenvalue weighted by Gasteiger charge is -2.35. The van der Waals surface area contributed by atoms with Gasteiger partial charge in [-0.1, -0.05) is 13.8 Å². The van der Waals surface area contributed by atoms with Crippen LogP contribution in [0.5, 0.6) is 0 Å². The Labute approximate surface area is 156 Å². The number of nitrogens with two attached hydrogens (primary N) is 3. The van der Waals surface area contributed by atoms with Crippen LogP contribution in [-0.2, 0) is 4.79 Å². The quantitative estimate of drug-likeness (QED) is 0.232. The molecule has 0 aromatic rings. The minimum absolute atomic E-state index is 0.243. The Kier molecular flexibility index (Phi) is 7.08. The van der Waals surface area contributed by atoms with Gasteiger partial charge in [0.25, 0.3) is 5.91 Å². The molecule has 26 heavy (non-hydrogen) atoms. The molecule has 0 unspecified atom stereocenters. The number of hydrogen-bond acceptors (Lipinski definition) is 5. The van der Waals surface area contributed by atoms with E-state index < -0.39 is 5.91 Å². The van der Waals surface area contributed by atoms with Gasteiger partial charge in [-0.05, 0) is 51.1 Å². The third kappa shape index (κ3) is 6.05. The summed E-state index contributed by atoms with van der Waals surface area (Å²) in [5.41, 5.74) is 18.9. The summed E-state index contributed by atoms with van der Waals surface area (Å²) in [5, 5.41) is 3.59. The number of likely N-dealkylation sites (tertiary alicyclic amines) is 1. The molecule has 1 amide bonds. The lowest BCUT2D eigenvalue weighted by molar-refractivity contribution is -0.114. The molecule has 1 saturated heterocycles. The molecule has 1 heterocycles. The van der Waals surface area contributed by atoms with Crippen molar-refractivity contribution in [2.24, 2.45) is 34.0 Å². The number of amides is 1. The molecule has 0 aromatic heterocycles. The second kappa shape index (κ2) is 9.07. The highest BCUT2D eigenvalue weighted by Gasteiger charge is 2.27. The molecule has 1 aliphatic heterocycles. The van der Waals surface area contributed by atoms with Gasteiger partial charge in [0, 0.05) is 30.7 Å². The summed E-state index contributed by atoms with van der Waals surface area (Å²) in [6.07, 6.45) is 5.59. The van der Waals surface area contributed by atoms with E-state index in [1.54, 1.807) is 13.0 Å². The molecule has 2 fully saturated rings. The molecular weight excluding hydrogens is 328 g/mol. The van der Waals surface area contributed by atoms with Gasteiger partial charge in [0.15, 0.2) is 0 Å². The van der Waals surface area contributed by atoms with Crippen LogP contribution in [0.3, 0.4) is 0 Å². The van der Waals surface area contributed by atoms with Crippen LogP contribution in [0.25, 0.3) is 0 Å². The van der Waals surface area contributed by atoms with Gasteiger partial charge in [0.05, 0.1) is 5.57 Å². The van der Waals surface area contributed by atoms with Gasteiger partial charge >= 0.3 is 0 Å². The van der Waals surface area contributed by atoms with Crippen LogP contribution in [0.1, 0.15) is 46.5 Å². The summed E-state index contributed by atoms with van der Waals surface area (Å²) in [5.74, 6) is 1.31. The molecule has 0 aromatic carbocycles. The van der Waals surface area contributed by atoms with E-state index in [-0.39, 0.29) is 5.92 Å². The monoisotopic (exact) mass is 362 g/mol. The van der Waals surface area contributed by atoms with Crippen LogP contribution in [0, 0.1) is 11.8 Å². The number of nitrogens with zero attached hydrogens (tertiary/aromatic N) is 2. The first-order chi connectivity index (χ1) is 12.3. The molecule has 7 nitrogen and oxygen atoms in total. The molecule has 0 radical (unpaired) electrons. The molecule has 7 N–H and O–H groups in total. The molecule has 7 heteroatoms. The van der Waals surface area contributed by atoms with Crippen molar-refractivity contribution < 1.29 is 4.79 Å². The standard InChI is InChI=1S/C19H34N6O/c1-12(2)11-23-15-6-8-25(9-7-15)18(22)16(10-13(3)20)19(26)24-17(21)14-4-5-14/h10,12,14-15,23H,4-9,11,20,22H2,1-3H3,(H2,21,24,26)/b13-10-,18-16-. The first-order valence-corrected chi connectivity index (χ1v) is 9.58. The molecule has 1 aliphatic carbocycles. The summed E-state index contributed by atoms with van der Waals surface area (Å²) in [7, 11) is 0. The van der Waals surface area contributed by atoms with Crippen molar-refractivity contribution in [3.63, 3.8) is 0 Å². The van der Waals surface area contributed by atoms with Gasteiger partial charge in [0.1, 0.15) is 11.7 Å². The highest BCUT2D eigenvalue weighted by atomic mass is 16.1. The molecular formula is C19H34N6O. The second-order valence-corrected chi connectivity index (χ2v) is 7.87. The largest absolute Gasteiger partial charge is 0.402 e. The van der Waals surface area contributed by atoms with Gasteiger partial charge in [-0.3, -0.25) is 4.79 Å². The molecule has 2 rings (SSSR count). The number of allylic oxidation sites excluding steroid dienone is 1. The Morgan fingerprint density at radius 2 is 1.81 bits per heavy atom. The average molecular weight is 363 g/mol. The molecule has 146 valence electrons. The third-order valence-electron chi connectivity index (χ3n) is 4.76. The van der Waals surface area contributed by atoms with E-state index in [0.29, 0.717) is 34.9 Å². The maximum Gasteiger partial charge on any atom is 0.282 e. The van der Waals surface area contributed by atoms with Gasteiger partial charge < -0.3 is 27.4 Å². The van der Waals surface area contributed by atoms with Gasteiger partial charge in [-0.15, -0.1) is 0 Å². The number of rotatable bonds is 7. The predicted molar refractivity (Wildman–Crippen MR) is 106 cm³/mol. The van der Waals surface area contributed by atoms with Crippen LogP contribution in [0.15, 0.2) is 28.2 Å². The minimum Gasteiger partial charge on any atom is -0.402 e. The number of carbonyl (C=O) groups is 1. The Morgan fingerprint density at radius 3 is 2.31 bits per heavy atom. The number of piperidine rings is 1. The van der Waals surface area contributed by atoms with Gasteiger partial charge in [-0.2, -0.15) is 4.99 Å². The summed E-state index contributed by atoms with van der Waals surface area (Å²) < 4.78 is 0. The SMILES string of the molecule is C/C(N)=C/C(C(=O)N=C(N)C1CC1)=C(\N)N1CCC(NCC(C)C)CC1. The summed E-state index contributed by atoms with van der Waals surface area (Å²) in [6, 6.07) is 0.496. The molecule has 0 atom stereocenters. The Morgan fingerprint density at radius 1 is 1.19 bits per heavy atom. The number of hydrogen-bond donors (Lipinski definition) is 4. The fraction of sp³-hybridized carbons (Fsp3) is 0.684. The molecule has 0 bridgehead atoms. The van der Waals surface area contributed by atoms with E-state index in [0.717, 1.165) is 45.3 Å². The van der Waals surface area contributed by atoms with E-state index in [4.69, 9.17) is 17.2 Å². The van der Waals surface area contributed by atoms with Crippen molar-refractivity contribution in [2.75, 3.05) is 19.6 Å². The van der Waals surface area contributed by atoms with Crippen molar-refractivity contribution in [2.45, 2.75) is 52.5 Å². The molecule has 2 aliphatic rings. The summed E-state index contributed by atoms with van der Waals surface area (Å²) >= 11 is 0. The predicted octanol–water partition coefficient (Wildman–Crippen LogP) is 1.02. The maximum atomic E-state index is 12.6. The highest BCUT2D eigenvalue weighted by molar-refractivity contribution is 6.05.